The van der Waals surface area contributed by atoms with E-state index in [1.807, 2.05) is 32.3 Å². The number of aromatic nitrogens is 5. The summed E-state index contributed by atoms with van der Waals surface area (Å²) in [7, 11) is 3.64. The van der Waals surface area contributed by atoms with E-state index in [4.69, 9.17) is 4.98 Å². The molecule has 3 aromatic rings. The van der Waals surface area contributed by atoms with E-state index in [1.165, 1.54) is 12.8 Å². The number of piperidine rings is 1. The summed E-state index contributed by atoms with van der Waals surface area (Å²) < 4.78 is 0. The van der Waals surface area contributed by atoms with Crippen LogP contribution in [0.5, 0.6) is 0 Å². The summed E-state index contributed by atoms with van der Waals surface area (Å²) in [5.74, 6) is 3.21. The molecule has 0 spiro atoms. The molecule has 1 saturated heterocycles. The van der Waals surface area contributed by atoms with Crippen molar-refractivity contribution < 1.29 is 4.79 Å². The predicted molar refractivity (Wildman–Crippen MR) is 111 cm³/mol. The summed E-state index contributed by atoms with van der Waals surface area (Å²) >= 11 is 0. The number of aromatic amines is 1. The molecule has 5 rings (SSSR count). The van der Waals surface area contributed by atoms with Crippen LogP contribution in [0.2, 0.25) is 0 Å². The third kappa shape index (κ3) is 3.54. The monoisotopic (exact) mass is 391 g/mol. The smallest absolute Gasteiger partial charge is 0.226 e. The molecular weight excluding hydrogens is 366 g/mol. The number of rotatable bonds is 4. The Labute approximate surface area is 169 Å². The first-order chi connectivity index (χ1) is 14.1. The number of carbonyl (C=O) groups excluding carboxylic acids is 1. The fraction of sp³-hybridized carbons (Fsp3) is 0.476. The van der Waals surface area contributed by atoms with Gasteiger partial charge in [-0.1, -0.05) is 0 Å². The molecule has 0 radical (unpaired) electrons. The van der Waals surface area contributed by atoms with Gasteiger partial charge in [0, 0.05) is 39.3 Å². The van der Waals surface area contributed by atoms with E-state index >= 15 is 0 Å². The Balaban J connectivity index is 1.41. The van der Waals surface area contributed by atoms with Crippen molar-refractivity contribution in [3.63, 3.8) is 0 Å². The van der Waals surface area contributed by atoms with Gasteiger partial charge in [-0.25, -0.2) is 19.9 Å². The van der Waals surface area contributed by atoms with Crippen LogP contribution >= 0.6 is 0 Å². The van der Waals surface area contributed by atoms with Gasteiger partial charge in [-0.3, -0.25) is 4.79 Å². The van der Waals surface area contributed by atoms with Crippen LogP contribution in [0.25, 0.3) is 22.7 Å². The maximum Gasteiger partial charge on any atom is 0.226 e. The zero-order valence-corrected chi connectivity index (χ0v) is 16.8. The van der Waals surface area contributed by atoms with Crippen molar-refractivity contribution >= 4 is 22.9 Å². The highest BCUT2D eigenvalue weighted by Gasteiger charge is 2.28. The molecule has 0 aromatic carbocycles. The number of nitrogens with zero attached hydrogens (tertiary/aromatic N) is 6. The van der Waals surface area contributed by atoms with E-state index in [0.717, 1.165) is 47.9 Å². The van der Waals surface area contributed by atoms with Crippen LogP contribution in [-0.4, -0.2) is 62.9 Å². The zero-order chi connectivity index (χ0) is 20.0. The molecule has 8 heteroatoms. The molecule has 1 aliphatic heterocycles. The van der Waals surface area contributed by atoms with Gasteiger partial charge >= 0.3 is 0 Å². The third-order valence-corrected chi connectivity index (χ3v) is 5.72. The minimum absolute atomic E-state index is 0.0236. The van der Waals surface area contributed by atoms with Crippen LogP contribution in [0.4, 0.5) is 5.82 Å². The number of nitrogens with one attached hydrogen (secondary N) is 1. The first-order valence-corrected chi connectivity index (χ1v) is 10.2. The maximum absolute atomic E-state index is 12.4. The molecule has 1 aliphatic carbocycles. The minimum Gasteiger partial charge on any atom is -0.356 e. The highest BCUT2D eigenvalue weighted by molar-refractivity contribution is 5.80. The van der Waals surface area contributed by atoms with Crippen molar-refractivity contribution in [3.8, 4) is 11.5 Å². The molecule has 1 amide bonds. The standard InChI is InChI=1S/C21H25N7O/c1-27(2)21(29)14-4-3-11-28(12-14)17-8-7-15-20(25-17)26-19(24-15)16-9-10-22-18(23-16)13-5-6-13/h7-10,13-14H,3-6,11-12H2,1-2H3,(H,24,25,26). The normalized spacial score (nSPS) is 19.5. The predicted octanol–water partition coefficient (Wildman–Crippen LogP) is 2.60. The zero-order valence-electron chi connectivity index (χ0n) is 16.8. The lowest BCUT2D eigenvalue weighted by Gasteiger charge is -2.33. The molecule has 8 nitrogen and oxygen atoms in total. The van der Waals surface area contributed by atoms with Crippen molar-refractivity contribution in [2.24, 2.45) is 5.92 Å². The first kappa shape index (κ1) is 18.0. The molecule has 150 valence electrons. The molecule has 2 fully saturated rings. The summed E-state index contributed by atoms with van der Waals surface area (Å²) in [6, 6.07) is 5.86. The highest BCUT2D eigenvalue weighted by atomic mass is 16.2. The van der Waals surface area contributed by atoms with E-state index in [-0.39, 0.29) is 11.8 Å². The minimum atomic E-state index is 0.0236. The Morgan fingerprint density at radius 2 is 2.00 bits per heavy atom. The van der Waals surface area contributed by atoms with E-state index < -0.39 is 0 Å². The fourth-order valence-electron chi connectivity index (χ4n) is 3.98. The van der Waals surface area contributed by atoms with E-state index in [1.54, 1.807) is 11.1 Å². The average Bonchev–Trinajstić information content (AvgIpc) is 3.51. The Bertz CT molecular complexity index is 1060. The van der Waals surface area contributed by atoms with Gasteiger partial charge in [0.15, 0.2) is 11.5 Å². The quantitative estimate of drug-likeness (QED) is 0.735. The Kier molecular flexibility index (Phi) is 4.41. The SMILES string of the molecule is CN(C)C(=O)C1CCCN(c2ccc3nc(-c4ccnc(C5CC5)n4)[nH]c3n2)C1. The molecular formula is C21H25N7O. The molecule has 1 unspecified atom stereocenters. The number of H-pyrrole nitrogens is 1. The van der Waals surface area contributed by atoms with Crippen molar-refractivity contribution in [1.29, 1.82) is 0 Å². The topological polar surface area (TPSA) is 90.9 Å². The number of fused-ring (bicyclic) bond motifs is 1. The van der Waals surface area contributed by atoms with Crippen LogP contribution in [0.1, 0.15) is 37.4 Å². The lowest BCUT2D eigenvalue weighted by atomic mass is 9.97. The number of carbonyl (C=O) groups is 1. The van der Waals surface area contributed by atoms with Crippen LogP contribution in [-0.2, 0) is 4.79 Å². The first-order valence-electron chi connectivity index (χ1n) is 10.2. The van der Waals surface area contributed by atoms with Gasteiger partial charge in [0.25, 0.3) is 0 Å². The van der Waals surface area contributed by atoms with Crippen LogP contribution in [0.3, 0.4) is 0 Å². The summed E-state index contributed by atoms with van der Waals surface area (Å²) in [5, 5.41) is 0. The van der Waals surface area contributed by atoms with Gasteiger partial charge in [0.05, 0.1) is 5.92 Å². The summed E-state index contributed by atoms with van der Waals surface area (Å²) in [6.07, 6.45) is 6.06. The van der Waals surface area contributed by atoms with Crippen molar-refractivity contribution in [2.45, 2.75) is 31.6 Å². The Morgan fingerprint density at radius 1 is 1.14 bits per heavy atom. The molecule has 4 heterocycles. The summed E-state index contributed by atoms with van der Waals surface area (Å²) in [6.45, 7) is 1.61. The van der Waals surface area contributed by atoms with Gasteiger partial charge in [0.1, 0.15) is 22.9 Å². The van der Waals surface area contributed by atoms with Crippen LogP contribution in [0.15, 0.2) is 24.4 Å². The molecule has 2 aliphatic rings. The Morgan fingerprint density at radius 3 is 2.79 bits per heavy atom. The van der Waals surface area contributed by atoms with Crippen molar-refractivity contribution in [1.82, 2.24) is 29.8 Å². The third-order valence-electron chi connectivity index (χ3n) is 5.72. The second kappa shape index (κ2) is 7.09. The highest BCUT2D eigenvalue weighted by Crippen LogP contribution is 2.38. The molecule has 1 N–H and O–H groups in total. The fourth-order valence-corrected chi connectivity index (χ4v) is 3.98. The molecule has 1 saturated carbocycles. The largest absolute Gasteiger partial charge is 0.356 e. The lowest BCUT2D eigenvalue weighted by molar-refractivity contribution is -0.133. The number of pyridine rings is 1. The molecule has 0 bridgehead atoms. The Hall–Kier alpha value is -3.03. The van der Waals surface area contributed by atoms with Gasteiger partial charge in [0.2, 0.25) is 5.91 Å². The van der Waals surface area contributed by atoms with Gasteiger partial charge in [-0.2, -0.15) is 0 Å². The number of hydrogen-bond acceptors (Lipinski definition) is 6. The van der Waals surface area contributed by atoms with Crippen molar-refractivity contribution in [3.05, 3.63) is 30.2 Å². The maximum atomic E-state index is 12.4. The lowest BCUT2D eigenvalue weighted by Crippen LogP contribution is -2.43. The van der Waals surface area contributed by atoms with Crippen molar-refractivity contribution in [2.75, 3.05) is 32.1 Å². The van der Waals surface area contributed by atoms with E-state index in [0.29, 0.717) is 18.3 Å². The number of anilines is 1. The second-order valence-corrected chi connectivity index (χ2v) is 8.21. The van der Waals surface area contributed by atoms with E-state index in [2.05, 4.69) is 24.8 Å². The number of hydrogen-bond donors (Lipinski definition) is 1. The average molecular weight is 391 g/mol. The molecule has 3 aromatic heterocycles. The molecule has 1 atom stereocenters. The van der Waals surface area contributed by atoms with Gasteiger partial charge in [-0.15, -0.1) is 0 Å². The summed E-state index contributed by atoms with van der Waals surface area (Å²) in [4.78, 5) is 38.1. The number of amides is 1. The van der Waals surface area contributed by atoms with Crippen LogP contribution in [0, 0.1) is 5.92 Å². The van der Waals surface area contributed by atoms with Gasteiger partial charge < -0.3 is 14.8 Å². The van der Waals surface area contributed by atoms with Gasteiger partial charge in [-0.05, 0) is 43.9 Å². The summed E-state index contributed by atoms with van der Waals surface area (Å²) in [5.41, 5.74) is 2.36. The molecule has 29 heavy (non-hydrogen) atoms. The second-order valence-electron chi connectivity index (χ2n) is 8.21. The van der Waals surface area contributed by atoms with E-state index in [9.17, 15) is 4.79 Å². The number of imidazole rings is 1. The van der Waals surface area contributed by atoms with Crippen LogP contribution < -0.4 is 4.90 Å².